The van der Waals surface area contributed by atoms with Crippen LogP contribution in [0, 0.1) is 16.7 Å². The first-order valence-electron chi connectivity index (χ1n) is 5.08. The molecule has 0 radical (unpaired) electrons. The number of fused-ring (bicyclic) bond motifs is 2. The fourth-order valence-corrected chi connectivity index (χ4v) is 2.77. The quantitative estimate of drug-likeness (QED) is 0.522. The molecule has 0 amide bonds. The molecule has 2 bridgehead atoms. The Morgan fingerprint density at radius 3 is 2.64 bits per heavy atom. The molecule has 1 heteroatoms. The Labute approximate surface area is 69.6 Å². The first-order valence-corrected chi connectivity index (χ1v) is 4.37. The zero-order valence-corrected chi connectivity index (χ0v) is 7.31. The smallest absolute Gasteiger partial charge is 0.139 e. The van der Waals surface area contributed by atoms with E-state index in [-0.39, 0.29) is 10.8 Å². The van der Waals surface area contributed by atoms with Gasteiger partial charge in [0, 0.05) is 13.2 Å². The minimum Gasteiger partial charge on any atom is -0.299 e. The lowest BCUT2D eigenvalue weighted by Gasteiger charge is -2.32. The van der Waals surface area contributed by atoms with E-state index in [1.165, 1.54) is 0 Å². The van der Waals surface area contributed by atoms with E-state index in [0.717, 1.165) is 19.3 Å². The summed E-state index contributed by atoms with van der Waals surface area (Å²) in [6.07, 6.45) is 2.87. The van der Waals surface area contributed by atoms with E-state index in [2.05, 4.69) is 13.8 Å². The summed E-state index contributed by atoms with van der Waals surface area (Å²) in [6.45, 7) is 4.64. The first-order chi connectivity index (χ1) is 5.54. The Morgan fingerprint density at radius 1 is 1.64 bits per heavy atom. The van der Waals surface area contributed by atoms with Crippen LogP contribution in [0.5, 0.6) is 0 Å². The van der Waals surface area contributed by atoms with Crippen molar-refractivity contribution in [1.82, 2.24) is 0 Å². The van der Waals surface area contributed by atoms with Crippen LogP contribution < -0.4 is 0 Å². The molecule has 0 saturated heterocycles. The van der Waals surface area contributed by atoms with Gasteiger partial charge in [0.15, 0.2) is 0 Å². The molecular formula is C10H16O. The number of ketones is 1. The van der Waals surface area contributed by atoms with Crippen molar-refractivity contribution in [2.45, 2.75) is 40.0 Å². The summed E-state index contributed by atoms with van der Waals surface area (Å²) in [5.74, 6) is 0.925. The third-order valence-corrected chi connectivity index (χ3v) is 4.14. The Balaban J connectivity index is 2.46. The van der Waals surface area contributed by atoms with Gasteiger partial charge in [0.1, 0.15) is 5.78 Å². The highest BCUT2D eigenvalue weighted by atomic mass is 16.1. The highest BCUT2D eigenvalue weighted by Gasteiger charge is 2.61. The third-order valence-electron chi connectivity index (χ3n) is 4.14. The molecule has 2 rings (SSSR count). The minimum absolute atomic E-state index is 0.103. The van der Waals surface area contributed by atoms with Crippen molar-refractivity contribution in [3.63, 3.8) is 0 Å². The predicted molar refractivity (Wildman–Crippen MR) is 44.2 cm³/mol. The molecule has 0 aromatic rings. The van der Waals surface area contributed by atoms with Crippen molar-refractivity contribution in [3.8, 4) is 0 Å². The van der Waals surface area contributed by atoms with Crippen LogP contribution in [0.1, 0.15) is 41.4 Å². The summed E-state index contributed by atoms with van der Waals surface area (Å²) in [6, 6.07) is 0. The summed E-state index contributed by atoms with van der Waals surface area (Å²) in [5.41, 5.74) is -0.163. The van der Waals surface area contributed by atoms with Crippen molar-refractivity contribution in [3.05, 3.63) is 0 Å². The molecule has 2 aliphatic rings. The van der Waals surface area contributed by atoms with E-state index in [0.29, 0.717) is 18.6 Å². The maximum atomic E-state index is 11.7. The van der Waals surface area contributed by atoms with Crippen LogP contribution in [-0.2, 0) is 4.79 Å². The van der Waals surface area contributed by atoms with Crippen molar-refractivity contribution in [2.24, 2.45) is 16.7 Å². The zero-order valence-electron chi connectivity index (χ0n) is 8.31. The summed E-state index contributed by atoms with van der Waals surface area (Å²) in [5, 5.41) is 0. The van der Waals surface area contributed by atoms with Gasteiger partial charge >= 0.3 is 0 Å². The molecule has 11 heavy (non-hydrogen) atoms. The van der Waals surface area contributed by atoms with Gasteiger partial charge in [0.05, 0.1) is 0 Å². The standard InChI is InChI=1S/C10H16O/c1-9(2)7-4-5-10(9,3)8(11)6-7/h7H,4-6H2,1-3H3/i3D. The van der Waals surface area contributed by atoms with E-state index in [4.69, 9.17) is 1.37 Å². The summed E-state index contributed by atoms with van der Waals surface area (Å²) >= 11 is 0. The zero-order chi connectivity index (χ0) is 8.98. The summed E-state index contributed by atoms with van der Waals surface area (Å²) in [4.78, 5) is 11.7. The van der Waals surface area contributed by atoms with Gasteiger partial charge in [0.2, 0.25) is 0 Å². The highest BCUT2D eigenvalue weighted by Crippen LogP contribution is 2.63. The van der Waals surface area contributed by atoms with Crippen LogP contribution in [0.3, 0.4) is 0 Å². The van der Waals surface area contributed by atoms with Crippen molar-refractivity contribution in [1.29, 1.82) is 0 Å². The molecular weight excluding hydrogens is 136 g/mol. The van der Waals surface area contributed by atoms with Gasteiger partial charge in [0.25, 0.3) is 0 Å². The van der Waals surface area contributed by atoms with Gasteiger partial charge < -0.3 is 0 Å². The molecule has 2 unspecified atom stereocenters. The monoisotopic (exact) mass is 153 g/mol. The van der Waals surface area contributed by atoms with Gasteiger partial charge in [-0.2, -0.15) is 0 Å². The summed E-state index contributed by atoms with van der Waals surface area (Å²) < 4.78 is 7.54. The second-order valence-electron chi connectivity index (χ2n) is 4.67. The molecule has 2 saturated carbocycles. The van der Waals surface area contributed by atoms with Gasteiger partial charge in [-0.3, -0.25) is 4.79 Å². The fraction of sp³-hybridized carbons (Fsp3) is 0.900. The van der Waals surface area contributed by atoms with Crippen LogP contribution in [0.25, 0.3) is 0 Å². The Bertz CT molecular complexity index is 234. The van der Waals surface area contributed by atoms with Gasteiger partial charge in [-0.1, -0.05) is 20.7 Å². The molecule has 0 spiro atoms. The molecule has 1 nitrogen and oxygen atoms in total. The SMILES string of the molecule is [2H]CC12CCC(CC1=O)C2(C)C. The average molecular weight is 153 g/mol. The van der Waals surface area contributed by atoms with Gasteiger partial charge in [-0.15, -0.1) is 0 Å². The van der Waals surface area contributed by atoms with E-state index in [1.807, 2.05) is 0 Å². The van der Waals surface area contributed by atoms with Crippen LogP contribution >= 0.6 is 0 Å². The Hall–Kier alpha value is -0.330. The molecule has 0 N–H and O–H groups in total. The fourth-order valence-electron chi connectivity index (χ4n) is 2.77. The molecule has 0 heterocycles. The lowest BCUT2D eigenvalue weighted by Crippen LogP contribution is -2.32. The van der Waals surface area contributed by atoms with Crippen LogP contribution in [-0.4, -0.2) is 5.78 Å². The molecule has 0 aromatic carbocycles. The van der Waals surface area contributed by atoms with Crippen LogP contribution in [0.2, 0.25) is 0 Å². The van der Waals surface area contributed by atoms with Gasteiger partial charge in [-0.05, 0) is 24.2 Å². The third kappa shape index (κ3) is 0.605. The first kappa shape index (κ1) is 6.22. The molecule has 2 atom stereocenters. The highest BCUT2D eigenvalue weighted by molar-refractivity contribution is 5.89. The lowest BCUT2D eigenvalue weighted by atomic mass is 9.70. The Morgan fingerprint density at radius 2 is 2.36 bits per heavy atom. The van der Waals surface area contributed by atoms with Crippen molar-refractivity contribution < 1.29 is 6.17 Å². The molecule has 2 aliphatic carbocycles. The van der Waals surface area contributed by atoms with Crippen molar-refractivity contribution in [2.75, 3.05) is 0 Å². The number of rotatable bonds is 0. The largest absolute Gasteiger partial charge is 0.299 e. The summed E-state index contributed by atoms with van der Waals surface area (Å²) in [7, 11) is 0. The van der Waals surface area contributed by atoms with E-state index in [1.54, 1.807) is 0 Å². The van der Waals surface area contributed by atoms with Crippen molar-refractivity contribution >= 4 is 5.78 Å². The predicted octanol–water partition coefficient (Wildman–Crippen LogP) is 2.40. The normalized spacial score (nSPS) is 48.0. The molecule has 0 aromatic heterocycles. The molecule has 62 valence electrons. The lowest BCUT2D eigenvalue weighted by molar-refractivity contribution is -0.128. The number of hydrogen-bond donors (Lipinski definition) is 0. The molecule has 2 fully saturated rings. The molecule has 0 aliphatic heterocycles. The second kappa shape index (κ2) is 1.70. The van der Waals surface area contributed by atoms with Crippen LogP contribution in [0.4, 0.5) is 0 Å². The van der Waals surface area contributed by atoms with E-state index in [9.17, 15) is 4.79 Å². The van der Waals surface area contributed by atoms with Gasteiger partial charge in [-0.25, -0.2) is 0 Å². The van der Waals surface area contributed by atoms with E-state index < -0.39 is 0 Å². The maximum absolute atomic E-state index is 11.7. The number of Topliss-reactive ketones (excluding diaryl/α,β-unsaturated/α-hetero) is 1. The Kier molecular flexibility index (Phi) is 0.961. The van der Waals surface area contributed by atoms with E-state index >= 15 is 0 Å². The second-order valence-corrected chi connectivity index (χ2v) is 4.67. The maximum Gasteiger partial charge on any atom is 0.139 e. The topological polar surface area (TPSA) is 17.1 Å². The number of carbonyl (C=O) groups excluding carboxylic acids is 1. The number of carbonyl (C=O) groups is 1. The van der Waals surface area contributed by atoms with Crippen LogP contribution in [0.15, 0.2) is 0 Å². The average Bonchev–Trinajstić information content (AvgIpc) is 2.36. The minimum atomic E-state index is -0.266. The number of hydrogen-bond acceptors (Lipinski definition) is 1.